The summed E-state index contributed by atoms with van der Waals surface area (Å²) >= 11 is 0. The molecule has 3 amide bonds. The number of nitrogens with zero attached hydrogens (tertiary/aromatic N) is 7. The van der Waals surface area contributed by atoms with E-state index < -0.39 is 0 Å². The van der Waals surface area contributed by atoms with Crippen LogP contribution in [0.2, 0.25) is 0 Å². The Kier molecular flexibility index (Phi) is 5.94. The molecule has 1 atom stereocenters. The first-order valence-electron chi connectivity index (χ1n) is 11.6. The van der Waals surface area contributed by atoms with E-state index in [4.69, 9.17) is 4.98 Å². The number of benzene rings is 1. The Morgan fingerprint density at radius 2 is 2.09 bits per heavy atom. The van der Waals surface area contributed by atoms with Gasteiger partial charge in [-0.1, -0.05) is 36.9 Å². The predicted octanol–water partition coefficient (Wildman–Crippen LogP) is 2.99. The van der Waals surface area contributed by atoms with Gasteiger partial charge in [-0.15, -0.1) is 0 Å². The van der Waals surface area contributed by atoms with Crippen molar-refractivity contribution in [1.29, 1.82) is 0 Å². The smallest absolute Gasteiger partial charge is 0.326 e. The Morgan fingerprint density at radius 1 is 1.29 bits per heavy atom. The number of hydrogen-bond donors (Lipinski definition) is 1. The molecule has 0 radical (unpaired) electrons. The van der Waals surface area contributed by atoms with E-state index in [1.165, 1.54) is 6.08 Å². The molecule has 0 spiro atoms. The van der Waals surface area contributed by atoms with E-state index in [-0.39, 0.29) is 18.0 Å². The molecule has 35 heavy (non-hydrogen) atoms. The van der Waals surface area contributed by atoms with Gasteiger partial charge in [0.2, 0.25) is 11.9 Å². The average Bonchev–Trinajstić information content (AvgIpc) is 3.46. The molecular weight excluding hydrogens is 444 g/mol. The molecule has 0 bridgehead atoms. The second kappa shape index (κ2) is 9.21. The number of fused-ring (bicyclic) bond motifs is 1. The third-order valence-electron chi connectivity index (χ3n) is 6.40. The van der Waals surface area contributed by atoms with Gasteiger partial charge in [0.1, 0.15) is 5.82 Å². The minimum absolute atomic E-state index is 0.124. The van der Waals surface area contributed by atoms with Gasteiger partial charge in [0, 0.05) is 44.6 Å². The van der Waals surface area contributed by atoms with Crippen molar-refractivity contribution in [2.24, 2.45) is 7.05 Å². The maximum Gasteiger partial charge on any atom is 0.326 e. The van der Waals surface area contributed by atoms with Crippen LogP contribution in [0.25, 0.3) is 0 Å². The second-order valence-electron chi connectivity index (χ2n) is 8.89. The Bertz CT molecular complexity index is 1270. The number of anilines is 3. The van der Waals surface area contributed by atoms with Gasteiger partial charge in [-0.25, -0.2) is 9.78 Å². The van der Waals surface area contributed by atoms with E-state index in [0.29, 0.717) is 44.4 Å². The Morgan fingerprint density at radius 3 is 2.80 bits per heavy atom. The summed E-state index contributed by atoms with van der Waals surface area (Å²) in [7, 11) is 1.85. The van der Waals surface area contributed by atoms with Crippen LogP contribution in [0.3, 0.4) is 0 Å². The van der Waals surface area contributed by atoms with E-state index in [2.05, 4.69) is 22.0 Å². The number of rotatable bonds is 6. The van der Waals surface area contributed by atoms with Gasteiger partial charge in [-0.05, 0) is 25.0 Å². The number of carbonyl (C=O) groups excluding carboxylic acids is 2. The zero-order valence-electron chi connectivity index (χ0n) is 19.9. The SMILES string of the molecule is C=CC(=O)N1CC[C@@H](N2C(=O)N(Cc3ccccc3)Cc3cnc(Nc4cn(C)nc4C)nc32)C1. The van der Waals surface area contributed by atoms with Crippen molar-refractivity contribution in [1.82, 2.24) is 29.5 Å². The summed E-state index contributed by atoms with van der Waals surface area (Å²) in [5.74, 6) is 0.845. The third kappa shape index (κ3) is 4.46. The summed E-state index contributed by atoms with van der Waals surface area (Å²) in [6.45, 7) is 7.39. The maximum absolute atomic E-state index is 13.8. The summed E-state index contributed by atoms with van der Waals surface area (Å²) in [6.07, 6.45) is 5.61. The molecule has 1 aromatic carbocycles. The van der Waals surface area contributed by atoms with E-state index in [1.54, 1.807) is 25.6 Å². The number of carbonyl (C=O) groups is 2. The fourth-order valence-corrected chi connectivity index (χ4v) is 4.68. The molecule has 0 unspecified atom stereocenters. The Balaban J connectivity index is 1.48. The maximum atomic E-state index is 13.8. The molecule has 2 aliphatic heterocycles. The molecule has 180 valence electrons. The number of likely N-dealkylation sites (tertiary alicyclic amines) is 1. The molecule has 1 saturated heterocycles. The molecule has 1 N–H and O–H groups in total. The summed E-state index contributed by atoms with van der Waals surface area (Å²) in [5.41, 5.74) is 3.54. The lowest BCUT2D eigenvalue weighted by molar-refractivity contribution is -0.125. The van der Waals surface area contributed by atoms with Crippen LogP contribution in [0.5, 0.6) is 0 Å². The number of urea groups is 1. The first-order valence-corrected chi connectivity index (χ1v) is 11.6. The van der Waals surface area contributed by atoms with Crippen molar-refractivity contribution in [3.63, 3.8) is 0 Å². The van der Waals surface area contributed by atoms with Gasteiger partial charge >= 0.3 is 6.03 Å². The number of nitrogens with one attached hydrogen (secondary N) is 1. The van der Waals surface area contributed by atoms with Gasteiger partial charge < -0.3 is 15.1 Å². The van der Waals surface area contributed by atoms with Crippen molar-refractivity contribution < 1.29 is 9.59 Å². The molecule has 1 fully saturated rings. The highest BCUT2D eigenvalue weighted by Crippen LogP contribution is 2.33. The lowest BCUT2D eigenvalue weighted by Gasteiger charge is -2.39. The number of aromatic nitrogens is 4. The molecule has 0 aliphatic carbocycles. The van der Waals surface area contributed by atoms with E-state index >= 15 is 0 Å². The summed E-state index contributed by atoms with van der Waals surface area (Å²) in [6, 6.07) is 9.59. The van der Waals surface area contributed by atoms with E-state index in [1.807, 2.05) is 50.5 Å². The topological polar surface area (TPSA) is 99.5 Å². The first-order chi connectivity index (χ1) is 16.9. The van der Waals surface area contributed by atoms with Crippen molar-refractivity contribution in [2.75, 3.05) is 23.3 Å². The van der Waals surface area contributed by atoms with Gasteiger partial charge in [-0.2, -0.15) is 10.1 Å². The van der Waals surface area contributed by atoms with Gasteiger partial charge in [-0.3, -0.25) is 14.4 Å². The van der Waals surface area contributed by atoms with Crippen LogP contribution in [0.1, 0.15) is 23.2 Å². The highest BCUT2D eigenvalue weighted by atomic mass is 16.2. The van der Waals surface area contributed by atoms with Crippen LogP contribution < -0.4 is 10.2 Å². The van der Waals surface area contributed by atoms with Crippen LogP contribution in [0, 0.1) is 6.92 Å². The summed E-state index contributed by atoms with van der Waals surface area (Å²) < 4.78 is 1.72. The zero-order chi connectivity index (χ0) is 24.5. The van der Waals surface area contributed by atoms with Crippen molar-refractivity contribution in [3.05, 3.63) is 72.2 Å². The lowest BCUT2D eigenvalue weighted by Crippen LogP contribution is -2.52. The quantitative estimate of drug-likeness (QED) is 0.554. The normalized spacial score (nSPS) is 17.5. The van der Waals surface area contributed by atoms with Gasteiger partial charge in [0.15, 0.2) is 0 Å². The fourth-order valence-electron chi connectivity index (χ4n) is 4.68. The summed E-state index contributed by atoms with van der Waals surface area (Å²) in [4.78, 5) is 40.5. The van der Waals surface area contributed by atoms with Crippen LogP contribution in [-0.4, -0.2) is 60.6 Å². The Hall–Kier alpha value is -4.21. The largest absolute Gasteiger partial charge is 0.337 e. The molecular formula is C25H28N8O2. The Labute approximate surface area is 203 Å². The molecule has 2 aliphatic rings. The van der Waals surface area contributed by atoms with Crippen LogP contribution >= 0.6 is 0 Å². The molecule has 3 aromatic rings. The monoisotopic (exact) mass is 472 g/mol. The molecule has 10 heteroatoms. The third-order valence-corrected chi connectivity index (χ3v) is 6.40. The van der Waals surface area contributed by atoms with Crippen molar-refractivity contribution in [2.45, 2.75) is 32.5 Å². The molecule has 2 aromatic heterocycles. The molecule has 4 heterocycles. The van der Waals surface area contributed by atoms with Gasteiger partial charge in [0.25, 0.3) is 0 Å². The standard InChI is InChI=1S/C25H28N8O2/c1-4-22(34)31-11-10-20(15-31)33-23-19(14-32(25(33)35)13-18-8-6-5-7-9-18)12-26-24(28-23)27-21-16-30(3)29-17(21)2/h4-9,12,16,20H,1,10-11,13-15H2,2-3H3,(H,26,27,28)/t20-/m1/s1. The summed E-state index contributed by atoms with van der Waals surface area (Å²) in [5, 5.41) is 7.57. The minimum Gasteiger partial charge on any atom is -0.337 e. The molecule has 5 rings (SSSR count). The number of aryl methyl sites for hydroxylation is 2. The fraction of sp³-hybridized carbons (Fsp3) is 0.320. The first kappa shape index (κ1) is 22.6. The number of hydrogen-bond acceptors (Lipinski definition) is 6. The number of amides is 3. The van der Waals surface area contributed by atoms with Gasteiger partial charge in [0.05, 0.1) is 24.0 Å². The van der Waals surface area contributed by atoms with Crippen LogP contribution in [0.4, 0.5) is 22.2 Å². The minimum atomic E-state index is -0.188. The lowest BCUT2D eigenvalue weighted by atomic mass is 10.1. The van der Waals surface area contributed by atoms with Crippen molar-refractivity contribution >= 4 is 29.4 Å². The molecule has 0 saturated carbocycles. The highest BCUT2D eigenvalue weighted by Gasteiger charge is 2.40. The van der Waals surface area contributed by atoms with Crippen LogP contribution in [0.15, 0.2) is 55.4 Å². The predicted molar refractivity (Wildman–Crippen MR) is 132 cm³/mol. The van der Waals surface area contributed by atoms with E-state index in [0.717, 1.165) is 22.5 Å². The van der Waals surface area contributed by atoms with E-state index in [9.17, 15) is 9.59 Å². The average molecular weight is 473 g/mol. The van der Waals surface area contributed by atoms with Crippen LogP contribution in [-0.2, 0) is 24.9 Å². The molecule has 10 nitrogen and oxygen atoms in total. The highest BCUT2D eigenvalue weighted by molar-refractivity contribution is 5.95. The zero-order valence-corrected chi connectivity index (χ0v) is 19.9. The second-order valence-corrected chi connectivity index (χ2v) is 8.89. The van der Waals surface area contributed by atoms with Crippen molar-refractivity contribution in [3.8, 4) is 0 Å².